The second-order valence-electron chi connectivity index (χ2n) is 7.28. The molecule has 2 aliphatic rings. The van der Waals surface area contributed by atoms with Gasteiger partial charge in [-0.15, -0.1) is 0 Å². The zero-order valence-electron chi connectivity index (χ0n) is 13.8. The van der Waals surface area contributed by atoms with Crippen molar-refractivity contribution in [1.29, 1.82) is 0 Å². The molecule has 4 atom stereocenters. The molecule has 22 heavy (non-hydrogen) atoms. The van der Waals surface area contributed by atoms with Gasteiger partial charge in [-0.3, -0.25) is 4.79 Å². The summed E-state index contributed by atoms with van der Waals surface area (Å²) in [7, 11) is 1.67. The normalized spacial score (nSPS) is 27.9. The van der Waals surface area contributed by atoms with Gasteiger partial charge in [-0.25, -0.2) is 0 Å². The summed E-state index contributed by atoms with van der Waals surface area (Å²) in [4.78, 5) is 12.7. The highest BCUT2D eigenvalue weighted by Crippen LogP contribution is 2.48. The number of amides is 1. The molecule has 3 nitrogen and oxygen atoms in total. The maximum absolute atomic E-state index is 12.7. The second kappa shape index (κ2) is 6.31. The number of benzene rings is 1. The average molecular weight is 301 g/mol. The van der Waals surface area contributed by atoms with Crippen LogP contribution in [-0.4, -0.2) is 13.0 Å². The van der Waals surface area contributed by atoms with E-state index in [1.54, 1.807) is 7.11 Å². The SMILES string of the molecule is COc1ccc([C@@H](NC(=O)[C@H]2C[C@H]3CC[C@H]2C3)C(C)C)cc1. The predicted octanol–water partition coefficient (Wildman–Crippen LogP) is 3.94. The van der Waals surface area contributed by atoms with Crippen molar-refractivity contribution >= 4 is 5.91 Å². The van der Waals surface area contributed by atoms with Crippen LogP contribution in [0.5, 0.6) is 5.75 Å². The van der Waals surface area contributed by atoms with Crippen LogP contribution in [0.2, 0.25) is 0 Å². The van der Waals surface area contributed by atoms with Gasteiger partial charge in [-0.05, 0) is 54.7 Å². The van der Waals surface area contributed by atoms with Crippen LogP contribution in [0.15, 0.2) is 24.3 Å². The van der Waals surface area contributed by atoms with Crippen molar-refractivity contribution in [3.8, 4) is 5.75 Å². The number of nitrogens with one attached hydrogen (secondary N) is 1. The van der Waals surface area contributed by atoms with Crippen molar-refractivity contribution in [3.63, 3.8) is 0 Å². The third-order valence-corrected chi connectivity index (χ3v) is 5.51. The molecule has 0 saturated heterocycles. The third-order valence-electron chi connectivity index (χ3n) is 5.51. The molecular formula is C19H27NO2. The molecule has 0 heterocycles. The molecule has 0 aromatic heterocycles. The molecule has 2 aliphatic carbocycles. The van der Waals surface area contributed by atoms with Gasteiger partial charge in [-0.2, -0.15) is 0 Å². The molecule has 2 bridgehead atoms. The minimum absolute atomic E-state index is 0.0810. The summed E-state index contributed by atoms with van der Waals surface area (Å²) in [5, 5.41) is 3.32. The lowest BCUT2D eigenvalue weighted by Crippen LogP contribution is -2.38. The van der Waals surface area contributed by atoms with Gasteiger partial charge >= 0.3 is 0 Å². The number of fused-ring (bicyclic) bond motifs is 2. The van der Waals surface area contributed by atoms with Gasteiger partial charge in [0.25, 0.3) is 0 Å². The fraction of sp³-hybridized carbons (Fsp3) is 0.632. The number of hydrogen-bond donors (Lipinski definition) is 1. The van der Waals surface area contributed by atoms with Crippen LogP contribution in [0, 0.1) is 23.7 Å². The third kappa shape index (κ3) is 2.99. The zero-order chi connectivity index (χ0) is 15.7. The van der Waals surface area contributed by atoms with E-state index < -0.39 is 0 Å². The first-order chi connectivity index (χ1) is 10.6. The Hall–Kier alpha value is -1.51. The Bertz CT molecular complexity index is 523. The van der Waals surface area contributed by atoms with Gasteiger partial charge in [0.1, 0.15) is 5.75 Å². The lowest BCUT2D eigenvalue weighted by molar-refractivity contribution is -0.127. The van der Waals surface area contributed by atoms with Crippen LogP contribution in [-0.2, 0) is 4.79 Å². The Morgan fingerprint density at radius 3 is 2.41 bits per heavy atom. The number of hydrogen-bond acceptors (Lipinski definition) is 2. The van der Waals surface area contributed by atoms with E-state index in [9.17, 15) is 4.79 Å². The summed E-state index contributed by atoms with van der Waals surface area (Å²) in [6.07, 6.45) is 4.95. The quantitative estimate of drug-likeness (QED) is 0.894. The predicted molar refractivity (Wildman–Crippen MR) is 87.7 cm³/mol. The van der Waals surface area contributed by atoms with Gasteiger partial charge in [0.15, 0.2) is 0 Å². The van der Waals surface area contributed by atoms with Gasteiger partial charge in [0, 0.05) is 5.92 Å². The molecule has 3 rings (SSSR count). The summed E-state index contributed by atoms with van der Waals surface area (Å²) in [5.74, 6) is 3.18. The summed E-state index contributed by atoms with van der Waals surface area (Å²) in [6.45, 7) is 4.33. The molecular weight excluding hydrogens is 274 g/mol. The number of methoxy groups -OCH3 is 1. The molecule has 2 fully saturated rings. The van der Waals surface area contributed by atoms with Crippen molar-refractivity contribution in [2.24, 2.45) is 23.7 Å². The maximum Gasteiger partial charge on any atom is 0.223 e. The largest absolute Gasteiger partial charge is 0.497 e. The van der Waals surface area contributed by atoms with Crippen LogP contribution in [0.25, 0.3) is 0 Å². The van der Waals surface area contributed by atoms with E-state index in [0.29, 0.717) is 11.8 Å². The Balaban J connectivity index is 1.69. The Morgan fingerprint density at radius 1 is 1.18 bits per heavy atom. The molecule has 3 heteroatoms. The number of carbonyl (C=O) groups is 1. The highest BCUT2D eigenvalue weighted by atomic mass is 16.5. The zero-order valence-corrected chi connectivity index (χ0v) is 13.8. The number of carbonyl (C=O) groups excluding carboxylic acids is 1. The fourth-order valence-electron chi connectivity index (χ4n) is 4.27. The molecule has 120 valence electrons. The van der Waals surface area contributed by atoms with Gasteiger partial charge in [0.2, 0.25) is 5.91 Å². The molecule has 0 radical (unpaired) electrons. The van der Waals surface area contributed by atoms with Crippen molar-refractivity contribution < 1.29 is 9.53 Å². The Kier molecular flexibility index (Phi) is 4.42. The van der Waals surface area contributed by atoms with Crippen LogP contribution in [0.1, 0.15) is 51.1 Å². The van der Waals surface area contributed by atoms with Crippen molar-refractivity contribution in [1.82, 2.24) is 5.32 Å². The van der Waals surface area contributed by atoms with Gasteiger partial charge in [0.05, 0.1) is 13.2 Å². The van der Waals surface area contributed by atoms with E-state index in [2.05, 4.69) is 31.3 Å². The number of rotatable bonds is 5. The van der Waals surface area contributed by atoms with Gasteiger partial charge in [-0.1, -0.05) is 32.4 Å². The second-order valence-corrected chi connectivity index (χ2v) is 7.28. The molecule has 1 N–H and O–H groups in total. The van der Waals surface area contributed by atoms with Gasteiger partial charge < -0.3 is 10.1 Å². The first kappa shape index (κ1) is 15.4. The lowest BCUT2D eigenvalue weighted by Gasteiger charge is -2.27. The molecule has 1 aromatic carbocycles. The first-order valence-electron chi connectivity index (χ1n) is 8.52. The van der Waals surface area contributed by atoms with Crippen molar-refractivity contribution in [2.45, 2.75) is 45.6 Å². The number of ether oxygens (including phenoxy) is 1. The van der Waals surface area contributed by atoms with E-state index in [1.807, 2.05) is 12.1 Å². The topological polar surface area (TPSA) is 38.3 Å². The smallest absolute Gasteiger partial charge is 0.223 e. The van der Waals surface area contributed by atoms with Crippen LogP contribution in [0.3, 0.4) is 0 Å². The van der Waals surface area contributed by atoms with Crippen molar-refractivity contribution in [2.75, 3.05) is 7.11 Å². The van der Waals surface area contributed by atoms with Crippen LogP contribution < -0.4 is 10.1 Å². The molecule has 0 spiro atoms. The minimum atomic E-state index is 0.0810. The Labute approximate surface area is 133 Å². The standard InChI is InChI=1S/C19H27NO2/c1-12(2)18(14-6-8-16(22-3)9-7-14)20-19(21)17-11-13-4-5-15(17)10-13/h6-9,12-13,15,17-18H,4-5,10-11H2,1-3H3,(H,20,21)/t13-,15-,17-,18-/m0/s1. The van der Waals surface area contributed by atoms with Crippen LogP contribution in [0.4, 0.5) is 0 Å². The summed E-state index contributed by atoms with van der Waals surface area (Å²) in [6, 6.07) is 8.13. The molecule has 1 amide bonds. The molecule has 1 aromatic rings. The monoisotopic (exact) mass is 301 g/mol. The maximum atomic E-state index is 12.7. The van der Waals surface area contributed by atoms with E-state index in [-0.39, 0.29) is 17.9 Å². The molecule has 0 aliphatic heterocycles. The van der Waals surface area contributed by atoms with E-state index in [4.69, 9.17) is 4.74 Å². The van der Waals surface area contributed by atoms with Crippen molar-refractivity contribution in [3.05, 3.63) is 29.8 Å². The Morgan fingerprint density at radius 2 is 1.91 bits per heavy atom. The summed E-state index contributed by atoms with van der Waals surface area (Å²) >= 11 is 0. The average Bonchev–Trinajstić information content (AvgIpc) is 3.15. The molecule has 2 saturated carbocycles. The molecule has 0 unspecified atom stereocenters. The minimum Gasteiger partial charge on any atom is -0.497 e. The van der Waals surface area contributed by atoms with E-state index >= 15 is 0 Å². The van der Waals surface area contributed by atoms with E-state index in [0.717, 1.165) is 23.7 Å². The van der Waals surface area contributed by atoms with Crippen LogP contribution >= 0.6 is 0 Å². The first-order valence-corrected chi connectivity index (χ1v) is 8.52. The highest BCUT2D eigenvalue weighted by Gasteiger charge is 2.43. The lowest BCUT2D eigenvalue weighted by atomic mass is 9.87. The summed E-state index contributed by atoms with van der Waals surface area (Å²) < 4.78 is 5.22. The fourth-order valence-corrected chi connectivity index (χ4v) is 4.27. The summed E-state index contributed by atoms with van der Waals surface area (Å²) in [5.41, 5.74) is 1.16. The highest BCUT2D eigenvalue weighted by molar-refractivity contribution is 5.80. The van der Waals surface area contributed by atoms with E-state index in [1.165, 1.54) is 19.3 Å².